The van der Waals surface area contributed by atoms with E-state index in [4.69, 9.17) is 16.9 Å². The number of hydrogen-bond acceptors (Lipinski definition) is 3. The second-order valence-electron chi connectivity index (χ2n) is 2.32. The lowest BCUT2D eigenvalue weighted by molar-refractivity contribution is 0.110. The zero-order valence-electron chi connectivity index (χ0n) is 6.67. The first-order valence-corrected chi connectivity index (χ1v) is 3.81. The van der Waals surface area contributed by atoms with Crippen LogP contribution in [0.5, 0.6) is 0 Å². The van der Waals surface area contributed by atoms with Gasteiger partial charge in [0.15, 0.2) is 12.0 Å². The van der Waals surface area contributed by atoms with E-state index in [0.29, 0.717) is 0 Å². The molecule has 0 radical (unpaired) electrons. The minimum atomic E-state index is -2.90. The molecule has 0 spiro atoms. The maximum atomic E-state index is 12.3. The van der Waals surface area contributed by atoms with E-state index in [1.165, 1.54) is 0 Å². The molecule has 0 aliphatic carbocycles. The molecule has 0 amide bonds. The molecule has 0 saturated heterocycles. The molecular weight excluding hydrogens is 214 g/mol. The maximum absolute atomic E-state index is 12.3. The zero-order chi connectivity index (χ0) is 10.7. The van der Waals surface area contributed by atoms with E-state index >= 15 is 0 Å². The Hall–Kier alpha value is -1.54. The van der Waals surface area contributed by atoms with Crippen LogP contribution in [0.25, 0.3) is 0 Å². The fourth-order valence-electron chi connectivity index (χ4n) is 0.865. The number of alkyl halides is 2. The van der Waals surface area contributed by atoms with Crippen LogP contribution in [0, 0.1) is 11.3 Å². The van der Waals surface area contributed by atoms with Crippen LogP contribution >= 0.6 is 11.6 Å². The molecule has 3 nitrogen and oxygen atoms in total. The van der Waals surface area contributed by atoms with Gasteiger partial charge < -0.3 is 0 Å². The third-order valence-electron chi connectivity index (χ3n) is 1.48. The van der Waals surface area contributed by atoms with Gasteiger partial charge in [0, 0.05) is 5.56 Å². The highest BCUT2D eigenvalue weighted by molar-refractivity contribution is 6.31. The summed E-state index contributed by atoms with van der Waals surface area (Å²) in [6.07, 6.45) is -2.68. The number of nitriles is 1. The molecule has 0 aliphatic heterocycles. The van der Waals surface area contributed by atoms with E-state index in [1.807, 2.05) is 0 Å². The van der Waals surface area contributed by atoms with Gasteiger partial charge in [-0.2, -0.15) is 5.26 Å². The predicted molar refractivity (Wildman–Crippen MR) is 44.3 cm³/mol. The summed E-state index contributed by atoms with van der Waals surface area (Å²) < 4.78 is 24.6. The highest BCUT2D eigenvalue weighted by Gasteiger charge is 2.17. The summed E-state index contributed by atoms with van der Waals surface area (Å²) in [7, 11) is 0. The van der Waals surface area contributed by atoms with Crippen molar-refractivity contribution in [2.75, 3.05) is 0 Å². The van der Waals surface area contributed by atoms with Gasteiger partial charge in [-0.3, -0.25) is 4.79 Å². The van der Waals surface area contributed by atoms with Gasteiger partial charge in [-0.15, -0.1) is 0 Å². The fraction of sp³-hybridized carbons (Fsp3) is 0.125. The summed E-state index contributed by atoms with van der Waals surface area (Å²) in [4.78, 5) is 13.7. The highest BCUT2D eigenvalue weighted by Crippen LogP contribution is 2.24. The summed E-state index contributed by atoms with van der Waals surface area (Å²) in [6.45, 7) is 0. The van der Waals surface area contributed by atoms with E-state index < -0.39 is 12.1 Å². The smallest absolute Gasteiger partial charge is 0.281 e. The Morgan fingerprint density at radius 3 is 2.71 bits per heavy atom. The molecule has 1 rings (SSSR count). The van der Waals surface area contributed by atoms with Crippen molar-refractivity contribution in [2.24, 2.45) is 0 Å². The first kappa shape index (κ1) is 10.5. The second kappa shape index (κ2) is 4.11. The number of carbonyl (C=O) groups is 1. The molecule has 14 heavy (non-hydrogen) atoms. The number of carbonyl (C=O) groups excluding carboxylic acids is 1. The Balaban J connectivity index is 3.41. The molecule has 1 aromatic heterocycles. The van der Waals surface area contributed by atoms with Crippen molar-refractivity contribution < 1.29 is 13.6 Å². The van der Waals surface area contributed by atoms with Crippen LogP contribution in [0.15, 0.2) is 6.07 Å². The minimum absolute atomic E-state index is 0.112. The summed E-state index contributed by atoms with van der Waals surface area (Å²) in [5.74, 6) is 0. The Bertz CT molecular complexity index is 415. The molecule has 0 aromatic carbocycles. The van der Waals surface area contributed by atoms with Gasteiger partial charge in [0.05, 0.1) is 5.02 Å². The van der Waals surface area contributed by atoms with Gasteiger partial charge in [0.2, 0.25) is 0 Å². The maximum Gasteiger partial charge on any atom is 0.281 e. The first-order valence-electron chi connectivity index (χ1n) is 3.44. The van der Waals surface area contributed by atoms with Crippen LogP contribution < -0.4 is 0 Å². The van der Waals surface area contributed by atoms with Crippen LogP contribution in [-0.4, -0.2) is 11.3 Å². The van der Waals surface area contributed by atoms with E-state index in [1.54, 1.807) is 6.07 Å². The number of hydrogen-bond donors (Lipinski definition) is 0. The van der Waals surface area contributed by atoms with E-state index in [-0.39, 0.29) is 22.6 Å². The Morgan fingerprint density at radius 1 is 1.64 bits per heavy atom. The number of pyridine rings is 1. The monoisotopic (exact) mass is 216 g/mol. The van der Waals surface area contributed by atoms with Gasteiger partial charge in [-0.05, 0) is 6.07 Å². The number of aromatic nitrogens is 1. The Labute approximate surface area is 82.9 Å². The second-order valence-corrected chi connectivity index (χ2v) is 2.73. The van der Waals surface area contributed by atoms with Crippen molar-refractivity contribution in [1.82, 2.24) is 4.98 Å². The number of halogens is 3. The van der Waals surface area contributed by atoms with Crippen LogP contribution in [0.4, 0.5) is 8.78 Å². The van der Waals surface area contributed by atoms with E-state index in [0.717, 1.165) is 6.07 Å². The van der Waals surface area contributed by atoms with Gasteiger partial charge in [0.1, 0.15) is 11.8 Å². The van der Waals surface area contributed by atoms with Crippen molar-refractivity contribution in [1.29, 1.82) is 5.26 Å². The van der Waals surface area contributed by atoms with Crippen LogP contribution in [-0.2, 0) is 0 Å². The molecule has 1 aromatic rings. The molecule has 0 N–H and O–H groups in total. The SMILES string of the molecule is N#Cc1nc(C(F)F)c(C=O)cc1Cl. The summed E-state index contributed by atoms with van der Waals surface area (Å²) in [5, 5.41) is 8.35. The molecule has 1 heterocycles. The summed E-state index contributed by atoms with van der Waals surface area (Å²) >= 11 is 5.50. The molecule has 0 fully saturated rings. The quantitative estimate of drug-likeness (QED) is 0.713. The standard InChI is InChI=1S/C8H3ClF2N2O/c9-5-1-4(3-14)7(8(10)11)13-6(5)2-12/h1,3,8H. The van der Waals surface area contributed by atoms with Crippen molar-refractivity contribution in [2.45, 2.75) is 6.43 Å². The van der Waals surface area contributed by atoms with Gasteiger partial charge in [0.25, 0.3) is 6.43 Å². The molecule has 6 heteroatoms. The Kier molecular flexibility index (Phi) is 3.10. The topological polar surface area (TPSA) is 53.8 Å². The highest BCUT2D eigenvalue weighted by atomic mass is 35.5. The van der Waals surface area contributed by atoms with Gasteiger partial charge in [-0.25, -0.2) is 13.8 Å². The number of aldehydes is 1. The van der Waals surface area contributed by atoms with Gasteiger partial charge in [-0.1, -0.05) is 11.6 Å². The molecule has 0 atom stereocenters. The third kappa shape index (κ3) is 1.86. The molecule has 0 bridgehead atoms. The average molecular weight is 217 g/mol. The van der Waals surface area contributed by atoms with Crippen molar-refractivity contribution in [3.05, 3.63) is 28.0 Å². The van der Waals surface area contributed by atoms with E-state index in [2.05, 4.69) is 4.98 Å². The van der Waals surface area contributed by atoms with Gasteiger partial charge >= 0.3 is 0 Å². The van der Waals surface area contributed by atoms with Crippen LogP contribution in [0.1, 0.15) is 28.2 Å². The summed E-state index contributed by atoms with van der Waals surface area (Å²) in [6, 6.07) is 2.55. The average Bonchev–Trinajstić information content (AvgIpc) is 2.16. The molecule has 0 aliphatic rings. The molecule has 72 valence electrons. The Morgan fingerprint density at radius 2 is 2.29 bits per heavy atom. The van der Waals surface area contributed by atoms with E-state index in [9.17, 15) is 13.6 Å². The molecular formula is C8H3ClF2N2O. The predicted octanol–water partition coefficient (Wildman–Crippen LogP) is 2.36. The van der Waals surface area contributed by atoms with Crippen molar-refractivity contribution >= 4 is 17.9 Å². The lowest BCUT2D eigenvalue weighted by atomic mass is 10.2. The first-order chi connectivity index (χ1) is 6.60. The lowest BCUT2D eigenvalue weighted by Gasteiger charge is -2.03. The fourth-order valence-corrected chi connectivity index (χ4v) is 1.07. The van der Waals surface area contributed by atoms with Crippen LogP contribution in [0.2, 0.25) is 5.02 Å². The largest absolute Gasteiger partial charge is 0.298 e. The molecule has 0 unspecified atom stereocenters. The van der Waals surface area contributed by atoms with Crippen molar-refractivity contribution in [3.63, 3.8) is 0 Å². The number of rotatable bonds is 2. The van der Waals surface area contributed by atoms with Crippen LogP contribution in [0.3, 0.4) is 0 Å². The number of nitrogens with zero attached hydrogens (tertiary/aromatic N) is 2. The molecule has 0 saturated carbocycles. The minimum Gasteiger partial charge on any atom is -0.298 e. The third-order valence-corrected chi connectivity index (χ3v) is 1.76. The zero-order valence-corrected chi connectivity index (χ0v) is 7.42. The van der Waals surface area contributed by atoms with Crippen molar-refractivity contribution in [3.8, 4) is 6.07 Å². The normalized spacial score (nSPS) is 9.93. The lowest BCUT2D eigenvalue weighted by Crippen LogP contribution is -2.00. The summed E-state index contributed by atoms with van der Waals surface area (Å²) in [5.41, 5.74) is -1.34.